The number of ether oxygens (including phenoxy) is 2. The molecule has 1 saturated heterocycles. The molecule has 1 aliphatic heterocycles. The molecule has 264 valence electrons. The molecule has 2 rings (SSSR count). The lowest BCUT2D eigenvalue weighted by Gasteiger charge is -2.27. The van der Waals surface area contributed by atoms with Crippen molar-refractivity contribution in [3.63, 3.8) is 0 Å². The van der Waals surface area contributed by atoms with Gasteiger partial charge in [0.25, 0.3) is 13.4 Å². The van der Waals surface area contributed by atoms with E-state index in [1.807, 2.05) is 6.92 Å². The van der Waals surface area contributed by atoms with Crippen LogP contribution in [0.5, 0.6) is 0 Å². The molecule has 0 aliphatic carbocycles. The molecular formula is C31H55N5O8PS-. The minimum atomic E-state index is -4.73. The molecule has 0 aromatic carbocycles. The van der Waals surface area contributed by atoms with Crippen LogP contribution in [0.4, 0.5) is 0 Å². The summed E-state index contributed by atoms with van der Waals surface area (Å²) >= 11 is 1.72. The van der Waals surface area contributed by atoms with Crippen molar-refractivity contribution in [2.75, 3.05) is 31.3 Å². The standard InChI is InChI=1S/C31H56N5O8PS/c1-4-6-7-8-9-10-11-12-13-14-15-16-17-18-19-46-24-26(41-5-2)22-42-45(39,40)43-23-28-27(34-35-32)20-29(44-28)36-21-25(3)30(37)33-31(36)38/h21,26-29H,4-20,22-24H2,1-3H3,(H,39,40)(H,33,37,38)/p-1. The molecule has 1 N–H and O–H groups in total. The van der Waals surface area contributed by atoms with Gasteiger partial charge in [0, 0.05) is 35.5 Å². The quantitative estimate of drug-likeness (QED) is 0.0337. The van der Waals surface area contributed by atoms with Crippen molar-refractivity contribution >= 4 is 19.6 Å². The summed E-state index contributed by atoms with van der Waals surface area (Å²) in [6.45, 7) is 5.41. The number of phosphoric ester groups is 1. The normalized spacial score (nSPS) is 20.0. The predicted octanol–water partition coefficient (Wildman–Crippen LogP) is 6.93. The van der Waals surface area contributed by atoms with Crippen LogP contribution in [0.15, 0.2) is 20.9 Å². The highest BCUT2D eigenvalue weighted by Gasteiger charge is 2.37. The summed E-state index contributed by atoms with van der Waals surface area (Å²) in [5.41, 5.74) is 8.04. The third kappa shape index (κ3) is 16.5. The van der Waals surface area contributed by atoms with E-state index >= 15 is 0 Å². The van der Waals surface area contributed by atoms with E-state index in [1.54, 1.807) is 11.8 Å². The number of hydrogen-bond donors (Lipinski definition) is 1. The van der Waals surface area contributed by atoms with Gasteiger partial charge in [-0.25, -0.2) is 4.79 Å². The van der Waals surface area contributed by atoms with E-state index in [0.717, 1.165) is 12.2 Å². The van der Waals surface area contributed by atoms with Gasteiger partial charge in [0.15, 0.2) is 0 Å². The number of aryl methyl sites for hydroxylation is 1. The highest BCUT2D eigenvalue weighted by atomic mass is 32.2. The van der Waals surface area contributed by atoms with Crippen LogP contribution < -0.4 is 16.1 Å². The number of thioether (sulfide) groups is 1. The molecule has 2 heterocycles. The molecule has 0 spiro atoms. The molecule has 1 fully saturated rings. The highest BCUT2D eigenvalue weighted by Crippen LogP contribution is 2.41. The Hall–Kier alpha value is -1.63. The lowest BCUT2D eigenvalue weighted by Crippen LogP contribution is -2.33. The molecule has 5 atom stereocenters. The SMILES string of the molecule is CCCCCCCCCCCCCCCCSCC(COP(=O)([O-])OCC1OC(n2cc(C)c(=O)[nH]c2=O)CC1N=[N+]=[N-])OCC. The van der Waals surface area contributed by atoms with Crippen molar-refractivity contribution in [1.82, 2.24) is 9.55 Å². The molecule has 0 radical (unpaired) electrons. The number of H-pyrrole nitrogens is 1. The number of aromatic nitrogens is 2. The number of unbranched alkanes of at least 4 members (excludes halogenated alkanes) is 13. The van der Waals surface area contributed by atoms with Crippen molar-refractivity contribution in [3.05, 3.63) is 43.0 Å². The minimum Gasteiger partial charge on any atom is -0.756 e. The topological polar surface area (TPSA) is 181 Å². The number of nitrogens with one attached hydrogen (secondary N) is 1. The summed E-state index contributed by atoms with van der Waals surface area (Å²) in [6, 6.07) is -0.795. The van der Waals surface area contributed by atoms with Crippen molar-refractivity contribution in [2.24, 2.45) is 5.11 Å². The van der Waals surface area contributed by atoms with E-state index in [2.05, 4.69) is 21.9 Å². The lowest BCUT2D eigenvalue weighted by atomic mass is 10.0. The smallest absolute Gasteiger partial charge is 0.330 e. The van der Waals surface area contributed by atoms with Gasteiger partial charge < -0.3 is 23.4 Å². The number of aromatic amines is 1. The molecule has 1 aromatic rings. The van der Waals surface area contributed by atoms with Crippen LogP contribution in [0.1, 0.15) is 122 Å². The summed E-state index contributed by atoms with van der Waals surface area (Å²) in [5.74, 6) is 1.58. The lowest BCUT2D eigenvalue weighted by molar-refractivity contribution is -0.230. The Labute approximate surface area is 277 Å². The Morgan fingerprint density at radius 2 is 1.67 bits per heavy atom. The molecule has 46 heavy (non-hydrogen) atoms. The molecule has 0 saturated carbocycles. The van der Waals surface area contributed by atoms with Crippen molar-refractivity contribution in [3.8, 4) is 0 Å². The van der Waals surface area contributed by atoms with Gasteiger partial charge in [-0.3, -0.25) is 18.9 Å². The first-order chi connectivity index (χ1) is 22.2. The van der Waals surface area contributed by atoms with Crippen LogP contribution in [0.2, 0.25) is 0 Å². The first-order valence-corrected chi connectivity index (χ1v) is 19.6. The van der Waals surface area contributed by atoms with Crippen LogP contribution in [-0.2, 0) is 23.1 Å². The fourth-order valence-corrected chi connectivity index (χ4v) is 7.18. The van der Waals surface area contributed by atoms with Gasteiger partial charge in [0.05, 0.1) is 31.5 Å². The summed E-state index contributed by atoms with van der Waals surface area (Å²) < 4.78 is 35.4. The predicted molar refractivity (Wildman–Crippen MR) is 180 cm³/mol. The van der Waals surface area contributed by atoms with Crippen LogP contribution in [0.25, 0.3) is 10.4 Å². The molecule has 1 aliphatic rings. The van der Waals surface area contributed by atoms with E-state index in [0.29, 0.717) is 17.9 Å². The molecule has 0 bridgehead atoms. The van der Waals surface area contributed by atoms with E-state index in [9.17, 15) is 19.0 Å². The maximum atomic E-state index is 12.5. The molecule has 0 amide bonds. The fourth-order valence-electron chi connectivity index (χ4n) is 5.39. The van der Waals surface area contributed by atoms with Gasteiger partial charge in [-0.2, -0.15) is 11.8 Å². The maximum absolute atomic E-state index is 12.5. The Bertz CT molecular complexity index is 1190. The number of phosphoric acid groups is 1. The second kappa shape index (κ2) is 23.7. The monoisotopic (exact) mass is 688 g/mol. The summed E-state index contributed by atoms with van der Waals surface area (Å²) in [6.07, 6.45) is 17.7. The first kappa shape index (κ1) is 40.5. The van der Waals surface area contributed by atoms with Gasteiger partial charge in [0.1, 0.15) is 6.23 Å². The fraction of sp³-hybridized carbons (Fsp3) is 0.871. The van der Waals surface area contributed by atoms with E-state index in [1.165, 1.54) is 101 Å². The van der Waals surface area contributed by atoms with E-state index in [-0.39, 0.29) is 13.0 Å². The van der Waals surface area contributed by atoms with Gasteiger partial charge in [-0.1, -0.05) is 95.5 Å². The molecule has 13 nitrogen and oxygen atoms in total. The molecule has 5 unspecified atom stereocenters. The first-order valence-electron chi connectivity index (χ1n) is 17.0. The summed E-state index contributed by atoms with van der Waals surface area (Å²) in [5, 5.41) is 3.68. The van der Waals surface area contributed by atoms with Crippen LogP contribution >= 0.6 is 19.6 Å². The van der Waals surface area contributed by atoms with Crippen molar-refractivity contribution in [1.29, 1.82) is 0 Å². The minimum absolute atomic E-state index is 0.0937. The molecular weight excluding hydrogens is 633 g/mol. The van der Waals surface area contributed by atoms with Crippen molar-refractivity contribution in [2.45, 2.75) is 142 Å². The number of nitrogens with zero attached hydrogens (tertiary/aromatic N) is 4. The zero-order valence-corrected chi connectivity index (χ0v) is 29.7. The third-order valence-electron chi connectivity index (χ3n) is 8.02. The van der Waals surface area contributed by atoms with Crippen molar-refractivity contribution < 1.29 is 28.0 Å². The Morgan fingerprint density at radius 1 is 1.07 bits per heavy atom. The highest BCUT2D eigenvalue weighted by molar-refractivity contribution is 7.99. The van der Waals surface area contributed by atoms with Gasteiger partial charge in [-0.15, -0.1) is 0 Å². The van der Waals surface area contributed by atoms with Crippen LogP contribution in [0.3, 0.4) is 0 Å². The zero-order chi connectivity index (χ0) is 33.6. The average Bonchev–Trinajstić information content (AvgIpc) is 3.43. The summed E-state index contributed by atoms with van der Waals surface area (Å²) in [4.78, 5) is 41.5. The van der Waals surface area contributed by atoms with Gasteiger partial charge in [0.2, 0.25) is 0 Å². The zero-order valence-electron chi connectivity index (χ0n) is 27.9. The number of azide groups is 1. The number of hydrogen-bond acceptors (Lipinski definition) is 10. The number of rotatable bonds is 27. The second-order valence-corrected chi connectivity index (χ2v) is 14.5. The maximum Gasteiger partial charge on any atom is 0.330 e. The molecule has 1 aromatic heterocycles. The largest absolute Gasteiger partial charge is 0.756 e. The summed E-state index contributed by atoms with van der Waals surface area (Å²) in [7, 11) is -4.73. The van der Waals surface area contributed by atoms with Crippen LogP contribution in [-0.4, -0.2) is 59.1 Å². The Kier molecular flexibility index (Phi) is 20.9. The second-order valence-electron chi connectivity index (χ2n) is 11.9. The average molecular weight is 689 g/mol. The van der Waals surface area contributed by atoms with E-state index < -0.39 is 50.2 Å². The molecule has 15 heteroatoms. The Morgan fingerprint density at radius 3 is 2.26 bits per heavy atom. The van der Waals surface area contributed by atoms with Crippen LogP contribution in [0, 0.1) is 6.92 Å². The third-order valence-corrected chi connectivity index (χ3v) is 10.1. The Balaban J connectivity index is 1.63. The van der Waals surface area contributed by atoms with E-state index in [4.69, 9.17) is 24.1 Å². The van der Waals surface area contributed by atoms with Gasteiger partial charge in [-0.05, 0) is 31.6 Å². The van der Waals surface area contributed by atoms with Gasteiger partial charge >= 0.3 is 5.69 Å².